The van der Waals surface area contributed by atoms with Gasteiger partial charge in [-0.05, 0) is 29.3 Å². The van der Waals surface area contributed by atoms with Crippen molar-refractivity contribution >= 4 is 29.3 Å². The molecule has 8 heteroatoms. The van der Waals surface area contributed by atoms with E-state index < -0.39 is 29.4 Å². The van der Waals surface area contributed by atoms with Gasteiger partial charge in [0.05, 0.1) is 34.5 Å². The molecule has 39 heavy (non-hydrogen) atoms. The van der Waals surface area contributed by atoms with Crippen molar-refractivity contribution in [1.82, 2.24) is 0 Å². The van der Waals surface area contributed by atoms with Crippen molar-refractivity contribution in [3.63, 3.8) is 0 Å². The Kier molecular flexibility index (Phi) is 5.71. The highest BCUT2D eigenvalue weighted by molar-refractivity contribution is 6.32. The number of hydrogen-bond donors (Lipinski definition) is 0. The second-order valence-corrected chi connectivity index (χ2v) is 9.75. The number of benzene rings is 3. The van der Waals surface area contributed by atoms with Crippen molar-refractivity contribution in [2.45, 2.75) is 18.0 Å². The summed E-state index contributed by atoms with van der Waals surface area (Å²) in [6.07, 6.45) is 3.77. The Morgan fingerprint density at radius 2 is 1.41 bits per heavy atom. The molecule has 8 nitrogen and oxygen atoms in total. The van der Waals surface area contributed by atoms with Crippen LogP contribution >= 0.6 is 0 Å². The number of methoxy groups -OCH3 is 4. The van der Waals surface area contributed by atoms with Crippen LogP contribution in [0, 0.1) is 5.41 Å². The number of nitrogens with zero attached hydrogens (tertiary/aromatic N) is 1. The van der Waals surface area contributed by atoms with Crippen LogP contribution in [0.5, 0.6) is 17.2 Å². The van der Waals surface area contributed by atoms with Gasteiger partial charge in [-0.25, -0.2) is 4.79 Å². The van der Waals surface area contributed by atoms with E-state index in [2.05, 4.69) is 0 Å². The molecule has 3 aromatic carbocycles. The smallest absolute Gasteiger partial charge is 0.329 e. The van der Waals surface area contributed by atoms with E-state index >= 15 is 0 Å². The van der Waals surface area contributed by atoms with Crippen LogP contribution in [0.25, 0.3) is 6.08 Å². The van der Waals surface area contributed by atoms with Crippen LogP contribution in [-0.2, 0) is 9.53 Å². The normalized spacial score (nSPS) is 21.8. The van der Waals surface area contributed by atoms with E-state index in [1.54, 1.807) is 36.4 Å². The van der Waals surface area contributed by atoms with Gasteiger partial charge in [-0.15, -0.1) is 0 Å². The average Bonchev–Trinajstić information content (AvgIpc) is 3.42. The summed E-state index contributed by atoms with van der Waals surface area (Å²) >= 11 is 0. The third kappa shape index (κ3) is 3.14. The standard InChI is InChI=1S/C31H27NO7/c1-36-22-15-18(16-23(37-2)27(22)38-3)25-26(30(35)39-4)32-21-12-8-5-9-17(21)13-14-24(32)31(25)28(33)19-10-6-7-11-20(19)29(31)34/h5-16,24-26H,1-4H3/t24-,25+,26-/m1/s1. The Balaban J connectivity index is 1.70. The molecule has 1 saturated heterocycles. The Morgan fingerprint density at radius 3 is 1.97 bits per heavy atom. The third-order valence-corrected chi connectivity index (χ3v) is 8.20. The monoisotopic (exact) mass is 525 g/mol. The maximum atomic E-state index is 14.5. The van der Waals surface area contributed by atoms with Crippen molar-refractivity contribution in [1.29, 1.82) is 0 Å². The minimum Gasteiger partial charge on any atom is -0.493 e. The topological polar surface area (TPSA) is 91.4 Å². The van der Waals surface area contributed by atoms with Crippen LogP contribution in [0.2, 0.25) is 0 Å². The van der Waals surface area contributed by atoms with E-state index in [1.807, 2.05) is 41.3 Å². The van der Waals surface area contributed by atoms with Gasteiger partial charge in [0, 0.05) is 22.7 Å². The number of para-hydroxylation sites is 1. The number of hydrogen-bond acceptors (Lipinski definition) is 8. The van der Waals surface area contributed by atoms with E-state index in [0.717, 1.165) is 11.3 Å². The molecule has 1 aliphatic carbocycles. The molecule has 3 aromatic rings. The van der Waals surface area contributed by atoms with Gasteiger partial charge in [-0.2, -0.15) is 0 Å². The first-order valence-corrected chi connectivity index (χ1v) is 12.6. The van der Waals surface area contributed by atoms with Crippen molar-refractivity contribution in [3.05, 3.63) is 89.0 Å². The molecule has 0 saturated carbocycles. The highest BCUT2D eigenvalue weighted by atomic mass is 16.5. The first-order valence-electron chi connectivity index (χ1n) is 12.6. The quantitative estimate of drug-likeness (QED) is 0.359. The Hall–Kier alpha value is -4.59. The number of ether oxygens (including phenoxy) is 4. The summed E-state index contributed by atoms with van der Waals surface area (Å²) in [6.45, 7) is 0. The van der Waals surface area contributed by atoms with Crippen molar-refractivity contribution in [3.8, 4) is 17.2 Å². The maximum absolute atomic E-state index is 14.5. The predicted octanol–water partition coefficient (Wildman–Crippen LogP) is 4.32. The SMILES string of the molecule is COC(=O)[C@H]1[C@H](c2cc(OC)c(OC)c(OC)c2)C2(C(=O)c3ccccc3C2=O)[C@H]2C=Cc3ccccc3N12. The number of fused-ring (bicyclic) bond motifs is 5. The molecule has 0 radical (unpaired) electrons. The van der Waals surface area contributed by atoms with Crippen LogP contribution in [0.3, 0.4) is 0 Å². The summed E-state index contributed by atoms with van der Waals surface area (Å²) in [7, 11) is 5.80. The Labute approximate surface area is 225 Å². The van der Waals surface area contributed by atoms with Gasteiger partial charge in [0.1, 0.15) is 11.5 Å². The van der Waals surface area contributed by atoms with Crippen LogP contribution in [-0.4, -0.2) is 58.1 Å². The number of esters is 1. The van der Waals surface area contributed by atoms with Crippen LogP contribution in [0.4, 0.5) is 5.69 Å². The van der Waals surface area contributed by atoms with Gasteiger partial charge >= 0.3 is 5.97 Å². The van der Waals surface area contributed by atoms with Crippen molar-refractivity contribution in [2.24, 2.45) is 5.41 Å². The lowest BCUT2D eigenvalue weighted by Gasteiger charge is -2.36. The Morgan fingerprint density at radius 1 is 0.821 bits per heavy atom. The molecule has 0 bridgehead atoms. The lowest BCUT2D eigenvalue weighted by molar-refractivity contribution is -0.142. The predicted molar refractivity (Wildman–Crippen MR) is 144 cm³/mol. The number of rotatable bonds is 5. The van der Waals surface area contributed by atoms with E-state index in [9.17, 15) is 14.4 Å². The number of anilines is 1. The van der Waals surface area contributed by atoms with Gasteiger partial charge in [0.2, 0.25) is 5.75 Å². The molecule has 198 valence electrons. The first kappa shape index (κ1) is 24.7. The lowest BCUT2D eigenvalue weighted by Crippen LogP contribution is -2.48. The summed E-state index contributed by atoms with van der Waals surface area (Å²) in [5, 5.41) is 0. The number of Topliss-reactive ketones (excluding diaryl/α,β-unsaturated/α-hetero) is 2. The van der Waals surface area contributed by atoms with Gasteiger partial charge < -0.3 is 23.8 Å². The molecule has 0 amide bonds. The largest absolute Gasteiger partial charge is 0.493 e. The fourth-order valence-corrected chi connectivity index (χ4v) is 6.66. The van der Waals surface area contributed by atoms with Gasteiger partial charge in [0.15, 0.2) is 23.1 Å². The van der Waals surface area contributed by atoms with Crippen molar-refractivity contribution < 1.29 is 33.3 Å². The number of carbonyl (C=O) groups excluding carboxylic acids is 3. The third-order valence-electron chi connectivity index (χ3n) is 8.20. The summed E-state index contributed by atoms with van der Waals surface area (Å²) in [6, 6.07) is 16.1. The zero-order valence-electron chi connectivity index (χ0n) is 22.0. The summed E-state index contributed by atoms with van der Waals surface area (Å²) < 4.78 is 22.1. The molecule has 2 aliphatic heterocycles. The molecule has 0 aromatic heterocycles. The second kappa shape index (κ2) is 9.01. The summed E-state index contributed by atoms with van der Waals surface area (Å²) in [5.74, 6) is -1.09. The zero-order valence-corrected chi connectivity index (χ0v) is 22.0. The fraction of sp³-hybridized carbons (Fsp3) is 0.258. The molecule has 0 N–H and O–H groups in total. The average molecular weight is 526 g/mol. The van der Waals surface area contributed by atoms with Crippen LogP contribution < -0.4 is 19.1 Å². The molecular formula is C31H27NO7. The minimum atomic E-state index is -1.64. The fourth-order valence-electron chi connectivity index (χ4n) is 6.66. The van der Waals surface area contributed by atoms with E-state index in [4.69, 9.17) is 18.9 Å². The zero-order chi connectivity index (χ0) is 27.5. The highest BCUT2D eigenvalue weighted by Crippen LogP contribution is 2.61. The Bertz CT molecular complexity index is 1500. The van der Waals surface area contributed by atoms with Gasteiger partial charge in [0.25, 0.3) is 0 Å². The maximum Gasteiger partial charge on any atom is 0.329 e. The summed E-state index contributed by atoms with van der Waals surface area (Å²) in [4.78, 5) is 44.7. The van der Waals surface area contributed by atoms with Gasteiger partial charge in [-0.1, -0.05) is 54.6 Å². The van der Waals surface area contributed by atoms with Crippen LogP contribution in [0.1, 0.15) is 37.8 Å². The molecule has 1 fully saturated rings. The first-order chi connectivity index (χ1) is 18.9. The summed E-state index contributed by atoms with van der Waals surface area (Å²) in [5.41, 5.74) is 1.19. The molecule has 2 heterocycles. The molecular weight excluding hydrogens is 498 g/mol. The molecule has 3 aliphatic rings. The second-order valence-electron chi connectivity index (χ2n) is 9.75. The molecule has 6 rings (SSSR count). The van der Waals surface area contributed by atoms with E-state index in [0.29, 0.717) is 33.9 Å². The number of carbonyl (C=O) groups is 3. The van der Waals surface area contributed by atoms with E-state index in [1.165, 1.54) is 28.4 Å². The van der Waals surface area contributed by atoms with Crippen molar-refractivity contribution in [2.75, 3.05) is 33.3 Å². The lowest BCUT2D eigenvalue weighted by atomic mass is 9.64. The van der Waals surface area contributed by atoms with E-state index in [-0.39, 0.29) is 11.6 Å². The minimum absolute atomic E-state index is 0.327. The van der Waals surface area contributed by atoms with Crippen LogP contribution in [0.15, 0.2) is 66.7 Å². The highest BCUT2D eigenvalue weighted by Gasteiger charge is 2.72. The molecule has 1 spiro atoms. The molecule has 0 unspecified atom stereocenters. The molecule has 3 atom stereocenters. The number of ketones is 2. The van der Waals surface area contributed by atoms with Gasteiger partial charge in [-0.3, -0.25) is 9.59 Å².